The van der Waals surface area contributed by atoms with E-state index in [-0.39, 0.29) is 10.6 Å². The maximum atomic E-state index is 12.5. The number of sulfonamides is 1. The summed E-state index contributed by atoms with van der Waals surface area (Å²) < 4.78 is 32.5. The number of para-hydroxylation sites is 1. The van der Waals surface area contributed by atoms with Crippen molar-refractivity contribution in [1.82, 2.24) is 14.8 Å². The predicted octanol–water partition coefficient (Wildman–Crippen LogP) is 2.57. The molecule has 2 N–H and O–H groups in total. The number of carbonyl (C=O) groups is 1. The number of fused-ring (bicyclic) bond motifs is 1. The largest absolute Gasteiger partial charge is 0.495 e. The predicted molar refractivity (Wildman–Crippen MR) is 101 cm³/mol. The lowest BCUT2D eigenvalue weighted by molar-refractivity contribution is 0.0946. The molecule has 136 valence electrons. The van der Waals surface area contributed by atoms with Gasteiger partial charge < -0.3 is 9.30 Å². The molecular weight excluding hydrogens is 422 g/mol. The van der Waals surface area contributed by atoms with Gasteiger partial charge in [-0.15, -0.1) is 4.83 Å². The molecule has 3 rings (SSSR count). The summed E-state index contributed by atoms with van der Waals surface area (Å²) in [5.74, 6) is -0.389. The number of halogens is 1. The summed E-state index contributed by atoms with van der Waals surface area (Å²) in [7, 11) is -0.832. The summed E-state index contributed by atoms with van der Waals surface area (Å²) in [6.07, 6.45) is 1.65. The Morgan fingerprint density at radius 2 is 1.92 bits per heavy atom. The van der Waals surface area contributed by atoms with E-state index >= 15 is 0 Å². The second-order valence-corrected chi connectivity index (χ2v) is 8.09. The maximum absolute atomic E-state index is 12.5. The van der Waals surface area contributed by atoms with E-state index in [4.69, 9.17) is 4.74 Å². The first-order chi connectivity index (χ1) is 12.3. The van der Waals surface area contributed by atoms with Gasteiger partial charge in [0.05, 0.1) is 12.7 Å². The van der Waals surface area contributed by atoms with Gasteiger partial charge in [0.1, 0.15) is 10.6 Å². The third-order valence-electron chi connectivity index (χ3n) is 3.86. The highest BCUT2D eigenvalue weighted by atomic mass is 79.9. The SMILES string of the molecule is COc1ccc(Br)cc1S(=O)(=O)NNC(=O)c1cn(C)c2ccccc12. The van der Waals surface area contributed by atoms with E-state index < -0.39 is 15.9 Å². The molecule has 0 unspecified atom stereocenters. The van der Waals surface area contributed by atoms with Gasteiger partial charge in [0.2, 0.25) is 0 Å². The number of nitrogens with one attached hydrogen (secondary N) is 2. The van der Waals surface area contributed by atoms with E-state index in [1.807, 2.05) is 25.2 Å². The van der Waals surface area contributed by atoms with Gasteiger partial charge in [-0.2, -0.15) is 0 Å². The van der Waals surface area contributed by atoms with Crippen LogP contribution in [0.1, 0.15) is 10.4 Å². The molecule has 1 amide bonds. The lowest BCUT2D eigenvalue weighted by Crippen LogP contribution is -2.41. The molecule has 26 heavy (non-hydrogen) atoms. The van der Waals surface area contributed by atoms with Crippen molar-refractivity contribution in [1.29, 1.82) is 0 Å². The molecule has 0 saturated heterocycles. The average molecular weight is 438 g/mol. The fourth-order valence-electron chi connectivity index (χ4n) is 2.62. The van der Waals surface area contributed by atoms with Gasteiger partial charge in [0.15, 0.2) is 0 Å². The number of aryl methyl sites for hydroxylation is 1. The van der Waals surface area contributed by atoms with Gasteiger partial charge in [-0.05, 0) is 24.3 Å². The van der Waals surface area contributed by atoms with Crippen LogP contribution in [0.4, 0.5) is 0 Å². The minimum Gasteiger partial charge on any atom is -0.495 e. The Morgan fingerprint density at radius 3 is 2.65 bits per heavy atom. The number of rotatable bonds is 5. The highest BCUT2D eigenvalue weighted by Crippen LogP contribution is 2.27. The second kappa shape index (κ2) is 7.10. The normalized spacial score (nSPS) is 11.5. The topological polar surface area (TPSA) is 89.4 Å². The van der Waals surface area contributed by atoms with Crippen LogP contribution in [0.25, 0.3) is 10.9 Å². The van der Waals surface area contributed by atoms with Crippen LogP contribution in [0.15, 0.2) is 58.0 Å². The van der Waals surface area contributed by atoms with Crippen molar-refractivity contribution in [2.24, 2.45) is 7.05 Å². The Bertz CT molecular complexity index is 1090. The second-order valence-electron chi connectivity index (χ2n) is 5.53. The molecular formula is C17H16BrN3O4S. The van der Waals surface area contributed by atoms with Gasteiger partial charge in [-0.3, -0.25) is 10.2 Å². The monoisotopic (exact) mass is 437 g/mol. The summed E-state index contributed by atoms with van der Waals surface area (Å²) in [6.45, 7) is 0. The molecule has 0 saturated carbocycles. The molecule has 0 aliphatic rings. The summed E-state index contributed by atoms with van der Waals surface area (Å²) in [4.78, 5) is 14.5. The first-order valence-electron chi connectivity index (χ1n) is 7.53. The van der Waals surface area contributed by atoms with Gasteiger partial charge in [0.25, 0.3) is 15.9 Å². The minimum absolute atomic E-state index is 0.0902. The number of benzene rings is 2. The van der Waals surface area contributed by atoms with Gasteiger partial charge >= 0.3 is 0 Å². The number of methoxy groups -OCH3 is 1. The van der Waals surface area contributed by atoms with Crippen LogP contribution in [-0.2, 0) is 17.1 Å². The fraction of sp³-hybridized carbons (Fsp3) is 0.118. The van der Waals surface area contributed by atoms with Crippen molar-refractivity contribution < 1.29 is 17.9 Å². The highest BCUT2D eigenvalue weighted by Gasteiger charge is 2.22. The first-order valence-corrected chi connectivity index (χ1v) is 9.81. The molecule has 0 aliphatic carbocycles. The summed E-state index contributed by atoms with van der Waals surface area (Å²) in [6, 6.07) is 11.9. The van der Waals surface area contributed by atoms with Gasteiger partial charge in [-0.25, -0.2) is 8.42 Å². The van der Waals surface area contributed by atoms with E-state index in [0.717, 1.165) is 10.9 Å². The van der Waals surface area contributed by atoms with Crippen molar-refractivity contribution in [2.45, 2.75) is 4.90 Å². The molecule has 0 atom stereocenters. The van der Waals surface area contributed by atoms with Crippen molar-refractivity contribution >= 4 is 42.8 Å². The van der Waals surface area contributed by atoms with Gasteiger partial charge in [-0.1, -0.05) is 34.1 Å². The van der Waals surface area contributed by atoms with E-state index in [1.165, 1.54) is 19.2 Å². The quantitative estimate of drug-likeness (QED) is 0.600. The summed E-state index contributed by atoms with van der Waals surface area (Å²) in [5, 5.41) is 0.728. The molecule has 0 fully saturated rings. The Kier molecular flexibility index (Phi) is 5.03. The maximum Gasteiger partial charge on any atom is 0.268 e. The number of hydrogen-bond donors (Lipinski definition) is 2. The minimum atomic E-state index is -4.02. The van der Waals surface area contributed by atoms with Crippen molar-refractivity contribution in [2.75, 3.05) is 7.11 Å². The summed E-state index contributed by atoms with van der Waals surface area (Å²) in [5.41, 5.74) is 3.49. The van der Waals surface area contributed by atoms with E-state index in [9.17, 15) is 13.2 Å². The highest BCUT2D eigenvalue weighted by molar-refractivity contribution is 9.10. The summed E-state index contributed by atoms with van der Waals surface area (Å²) >= 11 is 3.23. The molecule has 0 aliphatic heterocycles. The Balaban J connectivity index is 1.86. The lowest BCUT2D eigenvalue weighted by Gasteiger charge is -2.11. The van der Waals surface area contributed by atoms with Crippen molar-refractivity contribution in [3.8, 4) is 5.75 Å². The van der Waals surface area contributed by atoms with E-state index in [0.29, 0.717) is 10.0 Å². The van der Waals surface area contributed by atoms with Gasteiger partial charge in [0, 0.05) is 28.6 Å². The molecule has 9 heteroatoms. The first kappa shape index (κ1) is 18.4. The number of carbonyl (C=O) groups excluding carboxylic acids is 1. The third-order valence-corrected chi connectivity index (χ3v) is 5.62. The molecule has 7 nitrogen and oxygen atoms in total. The number of nitrogens with zero attached hydrogens (tertiary/aromatic N) is 1. The smallest absolute Gasteiger partial charge is 0.268 e. The number of hydrazine groups is 1. The van der Waals surface area contributed by atoms with Crippen LogP contribution in [0, 0.1) is 0 Å². The van der Waals surface area contributed by atoms with Crippen LogP contribution >= 0.6 is 15.9 Å². The number of hydrogen-bond acceptors (Lipinski definition) is 4. The zero-order valence-corrected chi connectivity index (χ0v) is 16.4. The molecule has 1 aromatic heterocycles. The van der Waals surface area contributed by atoms with Crippen LogP contribution in [-0.4, -0.2) is 26.0 Å². The van der Waals surface area contributed by atoms with Crippen LogP contribution in [0.5, 0.6) is 5.75 Å². The zero-order valence-electron chi connectivity index (χ0n) is 14.0. The fourth-order valence-corrected chi connectivity index (χ4v) is 4.17. The molecule has 0 spiro atoms. The molecule has 3 aromatic rings. The lowest BCUT2D eigenvalue weighted by atomic mass is 10.2. The molecule has 2 aromatic carbocycles. The molecule has 0 bridgehead atoms. The number of ether oxygens (including phenoxy) is 1. The van der Waals surface area contributed by atoms with Crippen LogP contribution in [0.2, 0.25) is 0 Å². The van der Waals surface area contributed by atoms with Crippen molar-refractivity contribution in [3.63, 3.8) is 0 Å². The third kappa shape index (κ3) is 3.46. The Morgan fingerprint density at radius 1 is 1.19 bits per heavy atom. The molecule has 0 radical (unpaired) electrons. The van der Waals surface area contributed by atoms with Crippen LogP contribution < -0.4 is 15.0 Å². The number of amides is 1. The van der Waals surface area contributed by atoms with E-state index in [2.05, 4.69) is 26.2 Å². The Hall–Kier alpha value is -2.36. The zero-order chi connectivity index (χ0) is 18.9. The van der Waals surface area contributed by atoms with E-state index in [1.54, 1.807) is 22.9 Å². The Labute approximate surface area is 159 Å². The average Bonchev–Trinajstić information content (AvgIpc) is 2.97. The number of aromatic nitrogens is 1. The van der Waals surface area contributed by atoms with Crippen molar-refractivity contribution in [3.05, 3.63) is 58.7 Å². The molecule has 1 heterocycles. The van der Waals surface area contributed by atoms with Crippen LogP contribution in [0.3, 0.4) is 0 Å². The standard InChI is InChI=1S/C17H16BrN3O4S/c1-21-10-13(12-5-3-4-6-14(12)21)17(22)19-20-26(23,24)16-9-11(18)7-8-15(16)25-2/h3-10,20H,1-2H3,(H,19,22).